The van der Waals surface area contributed by atoms with Gasteiger partial charge in [-0.15, -0.1) is 0 Å². The zero-order valence-corrected chi connectivity index (χ0v) is 12.3. The third-order valence-electron chi connectivity index (χ3n) is 3.79. The van der Waals surface area contributed by atoms with Gasteiger partial charge in [-0.05, 0) is 19.8 Å². The van der Waals surface area contributed by atoms with E-state index in [0.717, 1.165) is 25.7 Å². The minimum absolute atomic E-state index is 0.160. The van der Waals surface area contributed by atoms with E-state index in [-0.39, 0.29) is 17.8 Å². The molecule has 1 rings (SSSR count). The van der Waals surface area contributed by atoms with Crippen molar-refractivity contribution in [2.75, 3.05) is 20.2 Å². The van der Waals surface area contributed by atoms with Gasteiger partial charge in [-0.3, -0.25) is 9.59 Å². The summed E-state index contributed by atoms with van der Waals surface area (Å²) < 4.78 is 4.88. The molecule has 0 heterocycles. The summed E-state index contributed by atoms with van der Waals surface area (Å²) in [5.41, 5.74) is 0. The molecule has 0 unspecified atom stereocenters. The van der Waals surface area contributed by atoms with Crippen molar-refractivity contribution in [2.24, 2.45) is 5.92 Å². The average Bonchev–Trinajstić information content (AvgIpc) is 2.35. The first-order valence-electron chi connectivity index (χ1n) is 7.55. The molecule has 0 aliphatic heterocycles. The van der Waals surface area contributed by atoms with Gasteiger partial charge in [-0.1, -0.05) is 32.1 Å². The summed E-state index contributed by atoms with van der Waals surface area (Å²) in [6.45, 7) is 2.66. The van der Waals surface area contributed by atoms with Gasteiger partial charge < -0.3 is 9.64 Å². The van der Waals surface area contributed by atoms with Crippen molar-refractivity contribution in [3.63, 3.8) is 0 Å². The van der Waals surface area contributed by atoms with Crippen LogP contribution in [-0.2, 0) is 14.3 Å². The molecule has 1 saturated carbocycles. The second kappa shape index (κ2) is 8.94. The molecule has 0 bridgehead atoms. The van der Waals surface area contributed by atoms with Crippen molar-refractivity contribution in [3.05, 3.63) is 0 Å². The summed E-state index contributed by atoms with van der Waals surface area (Å²) in [5, 5.41) is 0. The predicted molar refractivity (Wildman–Crippen MR) is 74.7 cm³/mol. The number of hydrogen-bond donors (Lipinski definition) is 0. The molecule has 19 heavy (non-hydrogen) atoms. The number of carbonyl (C=O) groups excluding carboxylic acids is 2. The first-order chi connectivity index (χ1) is 9.15. The van der Waals surface area contributed by atoms with Gasteiger partial charge in [0.15, 0.2) is 0 Å². The van der Waals surface area contributed by atoms with E-state index in [4.69, 9.17) is 4.74 Å². The van der Waals surface area contributed by atoms with Crippen LogP contribution in [0.3, 0.4) is 0 Å². The normalized spacial score (nSPS) is 17.4. The summed E-state index contributed by atoms with van der Waals surface area (Å²) in [4.78, 5) is 25.3. The fourth-order valence-corrected chi connectivity index (χ4v) is 2.62. The highest BCUT2D eigenvalue weighted by Gasteiger charge is 2.22. The van der Waals surface area contributed by atoms with Crippen molar-refractivity contribution in [1.29, 1.82) is 0 Å². The third-order valence-corrected chi connectivity index (χ3v) is 3.79. The first kappa shape index (κ1) is 16.0. The number of carbonyl (C=O) groups is 2. The Morgan fingerprint density at radius 2 is 1.68 bits per heavy atom. The minimum atomic E-state index is -0.222. The van der Waals surface area contributed by atoms with E-state index in [0.29, 0.717) is 19.6 Å². The Labute approximate surface area is 116 Å². The van der Waals surface area contributed by atoms with Crippen LogP contribution in [0.1, 0.15) is 58.3 Å². The van der Waals surface area contributed by atoms with Gasteiger partial charge in [0.1, 0.15) is 0 Å². The molecule has 0 atom stereocenters. The van der Waals surface area contributed by atoms with Gasteiger partial charge in [-0.25, -0.2) is 0 Å². The van der Waals surface area contributed by atoms with Gasteiger partial charge in [0.05, 0.1) is 13.0 Å². The topological polar surface area (TPSA) is 46.6 Å². The van der Waals surface area contributed by atoms with Crippen LogP contribution in [0, 0.1) is 5.92 Å². The van der Waals surface area contributed by atoms with Crippen LogP contribution in [0.4, 0.5) is 0 Å². The molecule has 0 spiro atoms. The summed E-state index contributed by atoms with van der Waals surface area (Å²) in [6.07, 6.45) is 8.41. The number of esters is 1. The van der Waals surface area contributed by atoms with Crippen molar-refractivity contribution < 1.29 is 14.3 Å². The summed E-state index contributed by atoms with van der Waals surface area (Å²) in [5.74, 6) is 0.138. The molecule has 0 saturated heterocycles. The van der Waals surface area contributed by atoms with Crippen LogP contribution in [-0.4, -0.2) is 37.0 Å². The monoisotopic (exact) mass is 269 g/mol. The van der Waals surface area contributed by atoms with Crippen LogP contribution >= 0.6 is 0 Å². The second-order valence-corrected chi connectivity index (χ2v) is 5.36. The molecule has 1 aliphatic carbocycles. The minimum Gasteiger partial charge on any atom is -0.466 e. The van der Waals surface area contributed by atoms with Gasteiger partial charge in [0.2, 0.25) is 5.91 Å². The van der Waals surface area contributed by atoms with Crippen LogP contribution in [0.25, 0.3) is 0 Å². The molecule has 0 aromatic heterocycles. The van der Waals surface area contributed by atoms with Gasteiger partial charge in [0.25, 0.3) is 0 Å². The first-order valence-corrected chi connectivity index (χ1v) is 7.55. The lowest BCUT2D eigenvalue weighted by Crippen LogP contribution is -2.35. The van der Waals surface area contributed by atoms with Crippen molar-refractivity contribution >= 4 is 11.9 Å². The number of hydrogen-bond acceptors (Lipinski definition) is 3. The van der Waals surface area contributed by atoms with E-state index < -0.39 is 0 Å². The largest absolute Gasteiger partial charge is 0.466 e. The molecular formula is C15H27NO3. The molecule has 1 fully saturated rings. The Morgan fingerprint density at radius 3 is 2.26 bits per heavy atom. The maximum Gasteiger partial charge on any atom is 0.307 e. The molecular weight excluding hydrogens is 242 g/mol. The highest BCUT2D eigenvalue weighted by atomic mass is 16.5. The standard InChI is InChI=1S/C15H27NO3/c1-3-19-14(17)11-12-16(2)15(18)13-9-7-5-4-6-8-10-13/h13H,3-12H2,1-2H3. The molecule has 1 amide bonds. The Bertz CT molecular complexity index is 283. The molecule has 0 N–H and O–H groups in total. The number of rotatable bonds is 5. The predicted octanol–water partition coefficient (Wildman–Crippen LogP) is 2.76. The molecule has 0 aromatic carbocycles. The summed E-state index contributed by atoms with van der Waals surface area (Å²) in [6, 6.07) is 0. The SMILES string of the molecule is CCOC(=O)CCN(C)C(=O)C1CCCCCCC1. The second-order valence-electron chi connectivity index (χ2n) is 5.36. The average molecular weight is 269 g/mol. The molecule has 0 aromatic rings. The summed E-state index contributed by atoms with van der Waals surface area (Å²) in [7, 11) is 1.79. The van der Waals surface area contributed by atoms with E-state index in [9.17, 15) is 9.59 Å². The van der Waals surface area contributed by atoms with Gasteiger partial charge in [0, 0.05) is 19.5 Å². The maximum atomic E-state index is 12.3. The van der Waals surface area contributed by atoms with Gasteiger partial charge in [-0.2, -0.15) is 0 Å². The number of amides is 1. The fraction of sp³-hybridized carbons (Fsp3) is 0.867. The van der Waals surface area contributed by atoms with Crippen LogP contribution in [0.5, 0.6) is 0 Å². The molecule has 0 radical (unpaired) electrons. The molecule has 110 valence electrons. The molecule has 1 aliphatic rings. The summed E-state index contributed by atoms with van der Waals surface area (Å²) >= 11 is 0. The highest BCUT2D eigenvalue weighted by Crippen LogP contribution is 2.23. The van der Waals surface area contributed by atoms with Crippen molar-refractivity contribution in [1.82, 2.24) is 4.90 Å². The van der Waals surface area contributed by atoms with Crippen LogP contribution < -0.4 is 0 Å². The molecule has 4 heteroatoms. The Kier molecular flexibility index (Phi) is 7.53. The third kappa shape index (κ3) is 6.08. The Hall–Kier alpha value is -1.06. The smallest absolute Gasteiger partial charge is 0.307 e. The lowest BCUT2D eigenvalue weighted by atomic mass is 9.90. The van der Waals surface area contributed by atoms with Crippen LogP contribution in [0.2, 0.25) is 0 Å². The zero-order valence-electron chi connectivity index (χ0n) is 12.3. The lowest BCUT2D eigenvalue weighted by Gasteiger charge is -2.25. The highest BCUT2D eigenvalue weighted by molar-refractivity contribution is 5.79. The van der Waals surface area contributed by atoms with E-state index in [2.05, 4.69) is 0 Å². The Balaban J connectivity index is 2.34. The zero-order chi connectivity index (χ0) is 14.1. The Morgan fingerprint density at radius 1 is 1.11 bits per heavy atom. The van der Waals surface area contributed by atoms with Crippen molar-refractivity contribution in [3.8, 4) is 0 Å². The van der Waals surface area contributed by atoms with E-state index >= 15 is 0 Å². The van der Waals surface area contributed by atoms with Crippen molar-refractivity contribution in [2.45, 2.75) is 58.3 Å². The molecule has 4 nitrogen and oxygen atoms in total. The van der Waals surface area contributed by atoms with Crippen LogP contribution in [0.15, 0.2) is 0 Å². The van der Waals surface area contributed by atoms with E-state index in [1.807, 2.05) is 0 Å². The number of nitrogens with zero attached hydrogens (tertiary/aromatic N) is 1. The van der Waals surface area contributed by atoms with E-state index in [1.165, 1.54) is 19.3 Å². The lowest BCUT2D eigenvalue weighted by molar-refractivity contribution is -0.144. The number of ether oxygens (including phenoxy) is 1. The van der Waals surface area contributed by atoms with E-state index in [1.54, 1.807) is 18.9 Å². The maximum absolute atomic E-state index is 12.3. The van der Waals surface area contributed by atoms with Gasteiger partial charge >= 0.3 is 5.97 Å². The quantitative estimate of drug-likeness (QED) is 0.721. The fourth-order valence-electron chi connectivity index (χ4n) is 2.62.